The van der Waals surface area contributed by atoms with Crippen molar-refractivity contribution in [2.45, 2.75) is 6.18 Å². The molecule has 0 aliphatic rings. The van der Waals surface area contributed by atoms with Gasteiger partial charge in [-0.1, -0.05) is 12.1 Å². The molecule has 0 saturated heterocycles. The number of halogens is 3. The van der Waals surface area contributed by atoms with Crippen LogP contribution in [0.2, 0.25) is 0 Å². The summed E-state index contributed by atoms with van der Waals surface area (Å²) in [5.41, 5.74) is 5.83. The second-order valence-electron chi connectivity index (χ2n) is 4.03. The Morgan fingerprint density at radius 2 is 1.26 bits per heavy atom. The van der Waals surface area contributed by atoms with Crippen molar-refractivity contribution < 1.29 is 18.0 Å². The molecule has 0 saturated carbocycles. The Hall–Kier alpha value is -2.30. The van der Waals surface area contributed by atoms with E-state index in [4.69, 9.17) is 5.73 Å². The molecule has 0 bridgehead atoms. The predicted molar refractivity (Wildman–Crippen MR) is 65.7 cm³/mol. The van der Waals surface area contributed by atoms with E-state index in [1.165, 1.54) is 24.3 Å². The van der Waals surface area contributed by atoms with Gasteiger partial charge in [0.1, 0.15) is 0 Å². The number of anilines is 1. The first-order valence-corrected chi connectivity index (χ1v) is 5.45. The summed E-state index contributed by atoms with van der Waals surface area (Å²) >= 11 is 0. The Morgan fingerprint density at radius 3 is 1.68 bits per heavy atom. The van der Waals surface area contributed by atoms with Gasteiger partial charge in [0.15, 0.2) is 5.78 Å². The number of benzene rings is 2. The first-order chi connectivity index (χ1) is 8.88. The van der Waals surface area contributed by atoms with Gasteiger partial charge in [0.05, 0.1) is 5.56 Å². The summed E-state index contributed by atoms with van der Waals surface area (Å²) in [6, 6.07) is 10.3. The van der Waals surface area contributed by atoms with Gasteiger partial charge in [-0.05, 0) is 36.4 Å². The molecule has 2 aromatic carbocycles. The van der Waals surface area contributed by atoms with Crippen LogP contribution in [0.1, 0.15) is 21.5 Å². The highest BCUT2D eigenvalue weighted by Gasteiger charge is 2.30. The average molecular weight is 265 g/mol. The maximum absolute atomic E-state index is 12.4. The fourth-order valence-electron chi connectivity index (χ4n) is 1.61. The number of alkyl halides is 3. The molecular formula is C14H10F3NO. The van der Waals surface area contributed by atoms with E-state index < -0.39 is 11.7 Å². The molecule has 5 heteroatoms. The summed E-state index contributed by atoms with van der Waals surface area (Å²) < 4.78 is 37.2. The zero-order chi connectivity index (χ0) is 14.0. The molecule has 0 amide bonds. The molecule has 0 unspecified atom stereocenters. The molecule has 0 aliphatic heterocycles. The van der Waals surface area contributed by atoms with E-state index in [1.54, 1.807) is 12.1 Å². The van der Waals surface area contributed by atoms with Crippen LogP contribution in [-0.4, -0.2) is 5.78 Å². The summed E-state index contributed by atoms with van der Waals surface area (Å²) in [6.45, 7) is 0. The molecule has 0 spiro atoms. The van der Waals surface area contributed by atoms with E-state index in [9.17, 15) is 18.0 Å². The third-order valence-electron chi connectivity index (χ3n) is 2.65. The van der Waals surface area contributed by atoms with Crippen LogP contribution in [0.3, 0.4) is 0 Å². The van der Waals surface area contributed by atoms with E-state index >= 15 is 0 Å². The molecular weight excluding hydrogens is 255 g/mol. The number of hydrogen-bond donors (Lipinski definition) is 1. The highest BCUT2D eigenvalue weighted by molar-refractivity contribution is 6.09. The Morgan fingerprint density at radius 1 is 0.842 bits per heavy atom. The van der Waals surface area contributed by atoms with Crippen LogP contribution in [0.4, 0.5) is 18.9 Å². The molecule has 0 heterocycles. The lowest BCUT2D eigenvalue weighted by Crippen LogP contribution is -2.06. The number of hydrogen-bond acceptors (Lipinski definition) is 2. The van der Waals surface area contributed by atoms with Crippen LogP contribution in [0.25, 0.3) is 0 Å². The van der Waals surface area contributed by atoms with Gasteiger partial charge in [-0.3, -0.25) is 4.79 Å². The summed E-state index contributed by atoms with van der Waals surface area (Å²) in [6.07, 6.45) is -4.40. The number of carbonyl (C=O) groups is 1. The highest BCUT2D eigenvalue weighted by Crippen LogP contribution is 2.29. The highest BCUT2D eigenvalue weighted by atomic mass is 19.4. The largest absolute Gasteiger partial charge is 0.416 e. The molecule has 19 heavy (non-hydrogen) atoms. The fraction of sp³-hybridized carbons (Fsp3) is 0.0714. The normalized spacial score (nSPS) is 11.3. The lowest BCUT2D eigenvalue weighted by molar-refractivity contribution is -0.137. The maximum Gasteiger partial charge on any atom is 0.416 e. The topological polar surface area (TPSA) is 43.1 Å². The predicted octanol–water partition coefficient (Wildman–Crippen LogP) is 3.52. The van der Waals surface area contributed by atoms with E-state index in [-0.39, 0.29) is 11.3 Å². The lowest BCUT2D eigenvalue weighted by atomic mass is 10.0. The second-order valence-corrected chi connectivity index (χ2v) is 4.03. The van der Waals surface area contributed by atoms with Crippen LogP contribution in [0.15, 0.2) is 48.5 Å². The molecule has 2 nitrogen and oxygen atoms in total. The van der Waals surface area contributed by atoms with Gasteiger partial charge in [-0.15, -0.1) is 0 Å². The van der Waals surface area contributed by atoms with E-state index in [1.807, 2.05) is 0 Å². The number of carbonyl (C=O) groups excluding carboxylic acids is 1. The maximum atomic E-state index is 12.4. The number of rotatable bonds is 2. The Balaban J connectivity index is 2.27. The second kappa shape index (κ2) is 4.76. The van der Waals surface area contributed by atoms with E-state index in [0.717, 1.165) is 12.1 Å². The zero-order valence-corrected chi connectivity index (χ0v) is 9.74. The van der Waals surface area contributed by atoms with E-state index in [2.05, 4.69) is 0 Å². The van der Waals surface area contributed by atoms with Crippen molar-refractivity contribution in [3.05, 3.63) is 65.2 Å². The minimum Gasteiger partial charge on any atom is -0.399 e. The summed E-state index contributed by atoms with van der Waals surface area (Å²) in [7, 11) is 0. The number of ketones is 1. The lowest BCUT2D eigenvalue weighted by Gasteiger charge is -2.07. The summed E-state index contributed by atoms with van der Waals surface area (Å²) in [4.78, 5) is 12.0. The summed E-state index contributed by atoms with van der Waals surface area (Å²) in [5.74, 6) is -0.339. The van der Waals surface area contributed by atoms with Gasteiger partial charge in [-0.25, -0.2) is 0 Å². The quantitative estimate of drug-likeness (QED) is 0.667. The smallest absolute Gasteiger partial charge is 0.399 e. The van der Waals surface area contributed by atoms with Crippen molar-refractivity contribution in [2.24, 2.45) is 0 Å². The van der Waals surface area contributed by atoms with Crippen molar-refractivity contribution >= 4 is 11.5 Å². The van der Waals surface area contributed by atoms with Crippen molar-refractivity contribution in [3.8, 4) is 0 Å². The molecule has 2 N–H and O–H groups in total. The van der Waals surface area contributed by atoms with Gasteiger partial charge in [-0.2, -0.15) is 13.2 Å². The van der Waals surface area contributed by atoms with Gasteiger partial charge >= 0.3 is 6.18 Å². The summed E-state index contributed by atoms with van der Waals surface area (Å²) in [5, 5.41) is 0. The molecule has 0 atom stereocenters. The first kappa shape index (κ1) is 13.1. The molecule has 0 aliphatic carbocycles. The van der Waals surface area contributed by atoms with Gasteiger partial charge < -0.3 is 5.73 Å². The third kappa shape index (κ3) is 2.93. The van der Waals surface area contributed by atoms with Crippen LogP contribution in [-0.2, 0) is 6.18 Å². The van der Waals surface area contributed by atoms with Crippen molar-refractivity contribution in [1.82, 2.24) is 0 Å². The first-order valence-electron chi connectivity index (χ1n) is 5.45. The Labute approximate surface area is 107 Å². The molecule has 2 aromatic rings. The standard InChI is InChI=1S/C14H10F3NO/c15-14(16,17)11-5-1-9(2-6-11)13(19)10-3-7-12(18)8-4-10/h1-8H,18H2. The average Bonchev–Trinajstić information content (AvgIpc) is 2.38. The number of nitrogen functional groups attached to an aromatic ring is 1. The van der Waals surface area contributed by atoms with Gasteiger partial charge in [0, 0.05) is 16.8 Å². The van der Waals surface area contributed by atoms with Gasteiger partial charge in [0.2, 0.25) is 0 Å². The van der Waals surface area contributed by atoms with Gasteiger partial charge in [0.25, 0.3) is 0 Å². The third-order valence-corrected chi connectivity index (χ3v) is 2.65. The van der Waals surface area contributed by atoms with Crippen molar-refractivity contribution in [2.75, 3.05) is 5.73 Å². The fourth-order valence-corrected chi connectivity index (χ4v) is 1.61. The van der Waals surface area contributed by atoms with Crippen molar-refractivity contribution in [3.63, 3.8) is 0 Å². The van der Waals surface area contributed by atoms with Crippen LogP contribution in [0.5, 0.6) is 0 Å². The zero-order valence-electron chi connectivity index (χ0n) is 9.74. The molecule has 0 radical (unpaired) electrons. The Bertz CT molecular complexity index is 586. The molecule has 0 fully saturated rings. The van der Waals surface area contributed by atoms with Crippen molar-refractivity contribution in [1.29, 1.82) is 0 Å². The van der Waals surface area contributed by atoms with Crippen LogP contribution < -0.4 is 5.73 Å². The SMILES string of the molecule is Nc1ccc(C(=O)c2ccc(C(F)(F)F)cc2)cc1. The monoisotopic (exact) mass is 265 g/mol. The molecule has 0 aromatic heterocycles. The molecule has 98 valence electrons. The van der Waals surface area contributed by atoms with Crippen LogP contribution >= 0.6 is 0 Å². The van der Waals surface area contributed by atoms with E-state index in [0.29, 0.717) is 11.3 Å². The Kier molecular flexibility index (Phi) is 3.29. The van der Waals surface area contributed by atoms with Crippen LogP contribution in [0, 0.1) is 0 Å². The minimum atomic E-state index is -4.40. The molecule has 2 rings (SSSR count). The minimum absolute atomic E-state index is 0.206. The number of nitrogens with two attached hydrogens (primary N) is 1.